The quantitative estimate of drug-likeness (QED) is 0.897. The fourth-order valence-corrected chi connectivity index (χ4v) is 4.27. The van der Waals surface area contributed by atoms with E-state index in [2.05, 4.69) is 35.8 Å². The lowest BCUT2D eigenvalue weighted by atomic mass is 9.92. The SMILES string of the molecule is CC(NC(=O)C1Cc2ccccc2S1)C1CCCNC1. The van der Waals surface area contributed by atoms with Crippen molar-refractivity contribution in [1.82, 2.24) is 10.6 Å². The fraction of sp³-hybridized carbons (Fsp3) is 0.562. The van der Waals surface area contributed by atoms with Crippen LogP contribution in [0, 0.1) is 5.92 Å². The van der Waals surface area contributed by atoms with E-state index in [0.717, 1.165) is 19.5 Å². The maximum absolute atomic E-state index is 12.4. The van der Waals surface area contributed by atoms with Crippen molar-refractivity contribution in [2.24, 2.45) is 5.92 Å². The summed E-state index contributed by atoms with van der Waals surface area (Å²) in [4.78, 5) is 13.7. The van der Waals surface area contributed by atoms with E-state index in [1.54, 1.807) is 11.8 Å². The van der Waals surface area contributed by atoms with Crippen molar-refractivity contribution in [3.05, 3.63) is 29.8 Å². The lowest BCUT2D eigenvalue weighted by Crippen LogP contribution is -2.47. The predicted molar refractivity (Wildman–Crippen MR) is 83.0 cm³/mol. The number of hydrogen-bond acceptors (Lipinski definition) is 3. The van der Waals surface area contributed by atoms with Crippen molar-refractivity contribution in [2.75, 3.05) is 13.1 Å². The molecule has 2 N–H and O–H groups in total. The van der Waals surface area contributed by atoms with E-state index >= 15 is 0 Å². The second-order valence-corrected chi connectivity index (χ2v) is 7.07. The Morgan fingerprint density at radius 2 is 2.30 bits per heavy atom. The van der Waals surface area contributed by atoms with E-state index in [1.807, 2.05) is 6.07 Å². The number of fused-ring (bicyclic) bond motifs is 1. The van der Waals surface area contributed by atoms with Crippen molar-refractivity contribution in [1.29, 1.82) is 0 Å². The Labute approximate surface area is 124 Å². The van der Waals surface area contributed by atoms with E-state index in [-0.39, 0.29) is 17.2 Å². The van der Waals surface area contributed by atoms with E-state index in [9.17, 15) is 4.79 Å². The van der Waals surface area contributed by atoms with Crippen LogP contribution in [-0.4, -0.2) is 30.3 Å². The summed E-state index contributed by atoms with van der Waals surface area (Å²) in [5, 5.41) is 6.69. The molecule has 3 unspecified atom stereocenters. The molecule has 1 aromatic rings. The first-order chi connectivity index (χ1) is 9.74. The number of carbonyl (C=O) groups excluding carboxylic acids is 1. The standard InChI is InChI=1S/C16H22N2OS/c1-11(13-6-4-8-17-10-13)18-16(19)15-9-12-5-2-3-7-14(12)20-15/h2-3,5,7,11,13,15,17H,4,6,8-10H2,1H3,(H,18,19). The first-order valence-electron chi connectivity index (χ1n) is 7.49. The lowest BCUT2D eigenvalue weighted by molar-refractivity contribution is -0.121. The Kier molecular flexibility index (Phi) is 4.32. The highest BCUT2D eigenvalue weighted by atomic mass is 32.2. The summed E-state index contributed by atoms with van der Waals surface area (Å²) in [7, 11) is 0. The number of carbonyl (C=O) groups is 1. The molecule has 20 heavy (non-hydrogen) atoms. The van der Waals surface area contributed by atoms with Crippen LogP contribution in [-0.2, 0) is 11.2 Å². The van der Waals surface area contributed by atoms with E-state index < -0.39 is 0 Å². The molecular formula is C16H22N2OS. The molecule has 2 aliphatic rings. The van der Waals surface area contributed by atoms with Crippen LogP contribution < -0.4 is 10.6 Å². The first kappa shape index (κ1) is 14.0. The van der Waals surface area contributed by atoms with Gasteiger partial charge in [-0.05, 0) is 56.8 Å². The van der Waals surface area contributed by atoms with Gasteiger partial charge in [0.15, 0.2) is 0 Å². The zero-order valence-electron chi connectivity index (χ0n) is 11.9. The minimum Gasteiger partial charge on any atom is -0.352 e. The molecule has 0 spiro atoms. The van der Waals surface area contributed by atoms with Crippen molar-refractivity contribution < 1.29 is 4.79 Å². The molecule has 0 bridgehead atoms. The highest BCUT2D eigenvalue weighted by molar-refractivity contribution is 8.01. The maximum Gasteiger partial charge on any atom is 0.234 e. The first-order valence-corrected chi connectivity index (χ1v) is 8.37. The molecule has 0 aliphatic carbocycles. The predicted octanol–water partition coefficient (Wildman–Crippen LogP) is 2.21. The average molecular weight is 290 g/mol. The summed E-state index contributed by atoms with van der Waals surface area (Å²) < 4.78 is 0. The third-order valence-electron chi connectivity index (χ3n) is 4.35. The molecule has 0 aromatic heterocycles. The van der Waals surface area contributed by atoms with Crippen LogP contribution in [0.5, 0.6) is 0 Å². The Hall–Kier alpha value is -1.00. The molecule has 3 nitrogen and oxygen atoms in total. The van der Waals surface area contributed by atoms with Gasteiger partial charge in [-0.15, -0.1) is 11.8 Å². The molecule has 2 aliphatic heterocycles. The molecular weight excluding hydrogens is 268 g/mol. The molecule has 1 amide bonds. The van der Waals surface area contributed by atoms with Gasteiger partial charge in [-0.2, -0.15) is 0 Å². The maximum atomic E-state index is 12.4. The van der Waals surface area contributed by atoms with Gasteiger partial charge < -0.3 is 10.6 Å². The van der Waals surface area contributed by atoms with Gasteiger partial charge in [-0.3, -0.25) is 4.79 Å². The zero-order chi connectivity index (χ0) is 13.9. The van der Waals surface area contributed by atoms with Gasteiger partial charge >= 0.3 is 0 Å². The van der Waals surface area contributed by atoms with Crippen LogP contribution >= 0.6 is 11.8 Å². The number of hydrogen-bond donors (Lipinski definition) is 2. The molecule has 0 radical (unpaired) electrons. The highest BCUT2D eigenvalue weighted by Crippen LogP contribution is 2.36. The molecule has 1 aromatic carbocycles. The molecule has 1 saturated heterocycles. The Morgan fingerprint density at radius 3 is 3.05 bits per heavy atom. The Balaban J connectivity index is 1.55. The monoisotopic (exact) mass is 290 g/mol. The summed E-state index contributed by atoms with van der Waals surface area (Å²) in [5.41, 5.74) is 1.31. The topological polar surface area (TPSA) is 41.1 Å². The van der Waals surface area contributed by atoms with Crippen molar-refractivity contribution in [2.45, 2.75) is 42.4 Å². The van der Waals surface area contributed by atoms with Gasteiger partial charge in [0.05, 0.1) is 5.25 Å². The minimum absolute atomic E-state index is 0.0476. The summed E-state index contributed by atoms with van der Waals surface area (Å²) >= 11 is 1.71. The fourth-order valence-electron chi connectivity index (χ4n) is 3.07. The average Bonchev–Trinajstić information content (AvgIpc) is 2.92. The summed E-state index contributed by atoms with van der Waals surface area (Å²) in [5.74, 6) is 0.769. The number of rotatable bonds is 3. The molecule has 0 saturated carbocycles. The van der Waals surface area contributed by atoms with E-state index in [0.29, 0.717) is 5.92 Å². The highest BCUT2D eigenvalue weighted by Gasteiger charge is 2.30. The van der Waals surface area contributed by atoms with Crippen LogP contribution in [0.2, 0.25) is 0 Å². The second kappa shape index (κ2) is 6.19. The third kappa shape index (κ3) is 3.01. The normalized spacial score (nSPS) is 26.9. The van der Waals surface area contributed by atoms with Crippen LogP contribution in [0.25, 0.3) is 0 Å². The van der Waals surface area contributed by atoms with E-state index in [4.69, 9.17) is 0 Å². The molecule has 2 heterocycles. The molecule has 3 atom stereocenters. The van der Waals surface area contributed by atoms with Crippen LogP contribution in [0.4, 0.5) is 0 Å². The largest absolute Gasteiger partial charge is 0.352 e. The van der Waals surface area contributed by atoms with Crippen LogP contribution in [0.1, 0.15) is 25.3 Å². The van der Waals surface area contributed by atoms with Crippen LogP contribution in [0.3, 0.4) is 0 Å². The van der Waals surface area contributed by atoms with Crippen molar-refractivity contribution in [3.8, 4) is 0 Å². The van der Waals surface area contributed by atoms with Gasteiger partial charge in [0.25, 0.3) is 0 Å². The number of amides is 1. The van der Waals surface area contributed by atoms with E-state index in [1.165, 1.54) is 23.3 Å². The lowest BCUT2D eigenvalue weighted by Gasteiger charge is -2.29. The molecule has 4 heteroatoms. The van der Waals surface area contributed by atoms with Gasteiger partial charge in [0, 0.05) is 10.9 Å². The summed E-state index contributed by atoms with van der Waals surface area (Å²) in [6, 6.07) is 8.60. The Bertz CT molecular complexity index is 460. The van der Waals surface area contributed by atoms with Crippen molar-refractivity contribution >= 4 is 17.7 Å². The number of piperidine rings is 1. The second-order valence-electron chi connectivity index (χ2n) is 5.82. The van der Waals surface area contributed by atoms with Gasteiger partial charge in [-0.1, -0.05) is 18.2 Å². The number of nitrogens with one attached hydrogen (secondary N) is 2. The van der Waals surface area contributed by atoms with Gasteiger partial charge in [0.1, 0.15) is 0 Å². The smallest absolute Gasteiger partial charge is 0.234 e. The third-order valence-corrected chi connectivity index (χ3v) is 5.67. The van der Waals surface area contributed by atoms with Gasteiger partial charge in [0.2, 0.25) is 5.91 Å². The Morgan fingerprint density at radius 1 is 1.45 bits per heavy atom. The van der Waals surface area contributed by atoms with Crippen LogP contribution in [0.15, 0.2) is 29.2 Å². The number of thioether (sulfide) groups is 1. The minimum atomic E-state index is 0.0476. The van der Waals surface area contributed by atoms with Gasteiger partial charge in [-0.25, -0.2) is 0 Å². The molecule has 108 valence electrons. The molecule has 3 rings (SSSR count). The number of benzene rings is 1. The summed E-state index contributed by atoms with van der Waals surface area (Å²) in [6.45, 7) is 4.28. The summed E-state index contributed by atoms with van der Waals surface area (Å²) in [6.07, 6.45) is 3.29. The zero-order valence-corrected chi connectivity index (χ0v) is 12.7. The van der Waals surface area contributed by atoms with Crippen molar-refractivity contribution in [3.63, 3.8) is 0 Å². The molecule has 1 fully saturated rings.